The number of hydrogen-bond donors (Lipinski definition) is 1. The molecule has 1 aliphatic heterocycles. The van der Waals surface area contributed by atoms with Crippen LogP contribution < -0.4 is 5.32 Å². The number of hydrogen-bond acceptors (Lipinski definition) is 3. The van der Waals surface area contributed by atoms with E-state index in [-0.39, 0.29) is 5.91 Å². The van der Waals surface area contributed by atoms with Gasteiger partial charge >= 0.3 is 0 Å². The van der Waals surface area contributed by atoms with Gasteiger partial charge in [-0.3, -0.25) is 4.79 Å². The van der Waals surface area contributed by atoms with Crippen LogP contribution in [0, 0.1) is 5.92 Å². The van der Waals surface area contributed by atoms with E-state index in [4.69, 9.17) is 0 Å². The van der Waals surface area contributed by atoms with Crippen molar-refractivity contribution in [2.45, 2.75) is 50.6 Å². The summed E-state index contributed by atoms with van der Waals surface area (Å²) < 4.78 is 0. The van der Waals surface area contributed by atoms with Gasteiger partial charge in [0.05, 0.1) is 0 Å². The lowest BCUT2D eigenvalue weighted by atomic mass is 9.94. The summed E-state index contributed by atoms with van der Waals surface area (Å²) in [4.78, 5) is 15.0. The van der Waals surface area contributed by atoms with Crippen molar-refractivity contribution >= 4 is 17.2 Å². The summed E-state index contributed by atoms with van der Waals surface area (Å²) in [5.74, 6) is 1.06. The van der Waals surface area contributed by atoms with Gasteiger partial charge in [0.25, 0.3) is 0 Å². The van der Waals surface area contributed by atoms with Gasteiger partial charge in [-0.15, -0.1) is 11.3 Å². The highest BCUT2D eigenvalue weighted by atomic mass is 32.1. The van der Waals surface area contributed by atoms with Crippen molar-refractivity contribution < 1.29 is 4.79 Å². The Balaban J connectivity index is 1.68. The predicted molar refractivity (Wildman–Crippen MR) is 82.8 cm³/mol. The molecule has 110 valence electrons. The summed E-state index contributed by atoms with van der Waals surface area (Å²) in [7, 11) is 1.92. The topological polar surface area (TPSA) is 32.3 Å². The zero-order valence-electron chi connectivity index (χ0n) is 12.2. The van der Waals surface area contributed by atoms with Gasteiger partial charge in [-0.05, 0) is 36.6 Å². The Hall–Kier alpha value is -0.870. The number of rotatable bonds is 4. The van der Waals surface area contributed by atoms with Crippen molar-refractivity contribution in [3.63, 3.8) is 0 Å². The van der Waals surface area contributed by atoms with Crippen LogP contribution in [0.3, 0.4) is 0 Å². The largest absolute Gasteiger partial charge is 0.344 e. The number of piperidine rings is 1. The molecule has 2 heterocycles. The summed E-state index contributed by atoms with van der Waals surface area (Å²) in [6.07, 6.45) is 7.11. The van der Waals surface area contributed by atoms with Crippen LogP contribution in [0.25, 0.3) is 0 Å². The molecule has 0 bridgehead atoms. The van der Waals surface area contributed by atoms with E-state index in [1.807, 2.05) is 23.3 Å². The number of likely N-dealkylation sites (tertiary alicyclic amines) is 1. The zero-order valence-corrected chi connectivity index (χ0v) is 13.0. The number of nitrogens with one attached hydrogen (secondary N) is 1. The molecule has 20 heavy (non-hydrogen) atoms. The Kier molecular flexibility index (Phi) is 4.41. The molecule has 4 heteroatoms. The molecule has 2 aliphatic rings. The quantitative estimate of drug-likeness (QED) is 0.924. The fourth-order valence-corrected chi connectivity index (χ4v) is 4.49. The minimum Gasteiger partial charge on any atom is -0.344 e. The van der Waals surface area contributed by atoms with Gasteiger partial charge in [0.15, 0.2) is 0 Å². The molecule has 1 saturated heterocycles. The molecule has 1 saturated carbocycles. The number of amides is 1. The summed E-state index contributed by atoms with van der Waals surface area (Å²) in [5.41, 5.74) is 0. The number of nitrogens with zero attached hydrogens (tertiary/aromatic N) is 1. The van der Waals surface area contributed by atoms with E-state index in [2.05, 4.69) is 22.8 Å². The van der Waals surface area contributed by atoms with Crippen LogP contribution in [0.15, 0.2) is 17.5 Å². The second kappa shape index (κ2) is 6.27. The molecule has 0 aromatic carbocycles. The first-order valence-electron chi connectivity index (χ1n) is 7.77. The third-order valence-electron chi connectivity index (χ3n) is 4.76. The van der Waals surface area contributed by atoms with Gasteiger partial charge in [-0.1, -0.05) is 18.9 Å². The van der Waals surface area contributed by atoms with E-state index in [1.165, 1.54) is 30.6 Å². The minimum absolute atomic E-state index is 0.289. The minimum atomic E-state index is 0.289. The molecule has 0 spiro atoms. The maximum Gasteiger partial charge on any atom is 0.222 e. The predicted octanol–water partition coefficient (Wildman–Crippen LogP) is 3.19. The molecule has 3 nitrogen and oxygen atoms in total. The lowest BCUT2D eigenvalue weighted by Gasteiger charge is -2.35. The summed E-state index contributed by atoms with van der Waals surface area (Å²) in [6.45, 7) is 0.855. The second-order valence-electron chi connectivity index (χ2n) is 6.21. The molecule has 2 unspecified atom stereocenters. The number of thiophene rings is 1. The van der Waals surface area contributed by atoms with Crippen molar-refractivity contribution in [2.24, 2.45) is 5.92 Å². The third-order valence-corrected chi connectivity index (χ3v) is 5.72. The van der Waals surface area contributed by atoms with Gasteiger partial charge in [0, 0.05) is 37.0 Å². The zero-order chi connectivity index (χ0) is 13.9. The average molecular weight is 292 g/mol. The van der Waals surface area contributed by atoms with Crippen LogP contribution in [-0.2, 0) is 4.79 Å². The van der Waals surface area contributed by atoms with Crippen molar-refractivity contribution in [1.82, 2.24) is 10.2 Å². The fourth-order valence-electron chi connectivity index (χ4n) is 3.61. The monoisotopic (exact) mass is 292 g/mol. The van der Waals surface area contributed by atoms with E-state index >= 15 is 0 Å². The van der Waals surface area contributed by atoms with E-state index in [0.717, 1.165) is 18.9 Å². The van der Waals surface area contributed by atoms with E-state index in [0.29, 0.717) is 18.5 Å². The smallest absolute Gasteiger partial charge is 0.222 e. The van der Waals surface area contributed by atoms with Crippen LogP contribution in [0.5, 0.6) is 0 Å². The Morgan fingerprint density at radius 2 is 2.15 bits per heavy atom. The Labute approximate surface area is 125 Å². The molecule has 1 aliphatic carbocycles. The third kappa shape index (κ3) is 3.07. The molecular weight excluding hydrogens is 268 g/mol. The first-order valence-corrected chi connectivity index (χ1v) is 8.65. The van der Waals surface area contributed by atoms with Crippen LogP contribution in [0.1, 0.15) is 49.4 Å². The number of carbonyl (C=O) groups excluding carboxylic acids is 1. The Morgan fingerprint density at radius 1 is 1.35 bits per heavy atom. The molecule has 0 radical (unpaired) electrons. The lowest BCUT2D eigenvalue weighted by molar-refractivity contribution is -0.132. The summed E-state index contributed by atoms with van der Waals surface area (Å²) in [6, 6.07) is 5.35. The highest BCUT2D eigenvalue weighted by Crippen LogP contribution is 2.38. The standard InChI is InChI=1S/C16H24N2OS/c1-18-11-13(8-9-15(18)19)17-16(12-5-2-3-6-12)14-7-4-10-20-14/h4,7,10,12-13,16-17H,2-3,5-6,8-9,11H2,1H3. The molecule has 2 atom stereocenters. The molecule has 1 aromatic heterocycles. The molecular formula is C16H24N2OS. The second-order valence-corrected chi connectivity index (χ2v) is 7.19. The molecule has 1 N–H and O–H groups in total. The first kappa shape index (κ1) is 14.1. The van der Waals surface area contributed by atoms with Crippen molar-refractivity contribution in [1.29, 1.82) is 0 Å². The van der Waals surface area contributed by atoms with E-state index < -0.39 is 0 Å². The summed E-state index contributed by atoms with van der Waals surface area (Å²) >= 11 is 1.86. The van der Waals surface area contributed by atoms with Crippen LogP contribution >= 0.6 is 11.3 Å². The van der Waals surface area contributed by atoms with Crippen LogP contribution in [0.2, 0.25) is 0 Å². The Morgan fingerprint density at radius 3 is 2.80 bits per heavy atom. The summed E-state index contributed by atoms with van der Waals surface area (Å²) in [5, 5.41) is 6.04. The maximum absolute atomic E-state index is 11.6. The van der Waals surface area contributed by atoms with Crippen LogP contribution in [-0.4, -0.2) is 30.4 Å². The maximum atomic E-state index is 11.6. The average Bonchev–Trinajstić information content (AvgIpc) is 3.12. The first-order chi connectivity index (χ1) is 9.74. The Bertz CT molecular complexity index is 439. The van der Waals surface area contributed by atoms with Gasteiger partial charge in [-0.25, -0.2) is 0 Å². The van der Waals surface area contributed by atoms with E-state index in [1.54, 1.807) is 0 Å². The highest BCUT2D eigenvalue weighted by Gasteiger charge is 2.31. The van der Waals surface area contributed by atoms with Crippen molar-refractivity contribution in [3.8, 4) is 0 Å². The molecule has 2 fully saturated rings. The normalized spacial score (nSPS) is 26.1. The fraction of sp³-hybridized carbons (Fsp3) is 0.688. The van der Waals surface area contributed by atoms with Crippen molar-refractivity contribution in [3.05, 3.63) is 22.4 Å². The highest BCUT2D eigenvalue weighted by molar-refractivity contribution is 7.10. The molecule has 1 amide bonds. The SMILES string of the molecule is CN1CC(NC(c2cccs2)C2CCCC2)CCC1=O. The van der Waals surface area contributed by atoms with Crippen LogP contribution in [0.4, 0.5) is 0 Å². The van der Waals surface area contributed by atoms with Gasteiger partial charge < -0.3 is 10.2 Å². The van der Waals surface area contributed by atoms with E-state index in [9.17, 15) is 4.79 Å². The van der Waals surface area contributed by atoms with Gasteiger partial charge in [-0.2, -0.15) is 0 Å². The molecule has 1 aromatic rings. The van der Waals surface area contributed by atoms with Gasteiger partial charge in [0.2, 0.25) is 5.91 Å². The lowest BCUT2D eigenvalue weighted by Crippen LogP contribution is -2.48. The van der Waals surface area contributed by atoms with Crippen molar-refractivity contribution in [2.75, 3.05) is 13.6 Å². The number of likely N-dealkylation sites (N-methyl/N-ethyl adjacent to an activating group) is 1. The number of carbonyl (C=O) groups is 1. The molecule has 3 rings (SSSR count). The van der Waals surface area contributed by atoms with Gasteiger partial charge in [0.1, 0.15) is 0 Å².